The van der Waals surface area contributed by atoms with Crippen molar-refractivity contribution < 1.29 is 9.32 Å². The number of rotatable bonds is 4. The largest absolute Gasteiger partial charge is 0.343 e. The molecule has 0 atom stereocenters. The molecule has 0 aromatic carbocycles. The summed E-state index contributed by atoms with van der Waals surface area (Å²) in [6.07, 6.45) is 2.80. The first kappa shape index (κ1) is 14.4. The van der Waals surface area contributed by atoms with Gasteiger partial charge in [-0.25, -0.2) is 0 Å². The fraction of sp³-hybridized carbons (Fsp3) is 0.0714. The van der Waals surface area contributed by atoms with Crippen LogP contribution in [0.4, 0.5) is 0 Å². The van der Waals surface area contributed by atoms with Gasteiger partial charge in [0.15, 0.2) is 0 Å². The number of hydrogen-bond donors (Lipinski definition) is 3. The van der Waals surface area contributed by atoms with Crippen molar-refractivity contribution in [2.45, 2.75) is 6.54 Å². The zero-order chi connectivity index (χ0) is 16.2. The van der Waals surface area contributed by atoms with E-state index in [-0.39, 0.29) is 34.9 Å². The fourth-order valence-electron chi connectivity index (χ4n) is 1.84. The average Bonchev–Trinajstić information content (AvgIpc) is 3.02. The summed E-state index contributed by atoms with van der Waals surface area (Å²) in [6, 6.07) is 5.86. The molecule has 3 rings (SSSR count). The smallest absolute Gasteiger partial charge is 0.259 e. The first-order valence-electron chi connectivity index (χ1n) is 6.61. The van der Waals surface area contributed by atoms with Crippen LogP contribution in [0.1, 0.15) is 16.2 Å². The highest BCUT2D eigenvalue weighted by atomic mass is 16.5. The van der Waals surface area contributed by atoms with E-state index in [1.807, 2.05) is 0 Å². The predicted molar refractivity (Wildman–Crippen MR) is 78.6 cm³/mol. The second kappa shape index (κ2) is 6.10. The van der Waals surface area contributed by atoms with Crippen LogP contribution in [-0.2, 0) is 6.54 Å². The van der Waals surface area contributed by atoms with Gasteiger partial charge in [-0.05, 0) is 18.2 Å². The minimum atomic E-state index is -0.404. The first-order chi connectivity index (χ1) is 11.1. The summed E-state index contributed by atoms with van der Waals surface area (Å²) in [7, 11) is 0. The Morgan fingerprint density at radius 1 is 1.22 bits per heavy atom. The number of aromatic nitrogens is 4. The van der Waals surface area contributed by atoms with Crippen molar-refractivity contribution in [3.05, 3.63) is 68.8 Å². The molecule has 3 aromatic heterocycles. The van der Waals surface area contributed by atoms with Crippen LogP contribution in [0.15, 0.2) is 50.8 Å². The van der Waals surface area contributed by atoms with Gasteiger partial charge >= 0.3 is 0 Å². The van der Waals surface area contributed by atoms with E-state index in [4.69, 9.17) is 4.52 Å². The Balaban J connectivity index is 1.69. The molecule has 0 saturated carbocycles. The maximum atomic E-state index is 11.9. The molecule has 9 nitrogen and oxygen atoms in total. The van der Waals surface area contributed by atoms with Gasteiger partial charge in [-0.1, -0.05) is 5.16 Å². The van der Waals surface area contributed by atoms with Crippen molar-refractivity contribution in [1.82, 2.24) is 25.4 Å². The number of pyridine rings is 2. The summed E-state index contributed by atoms with van der Waals surface area (Å²) in [5.41, 5.74) is -0.0633. The third-order valence-electron chi connectivity index (χ3n) is 2.97. The van der Waals surface area contributed by atoms with Crippen LogP contribution in [0.2, 0.25) is 0 Å². The molecule has 0 spiro atoms. The third-order valence-corrected chi connectivity index (χ3v) is 2.97. The molecule has 23 heavy (non-hydrogen) atoms. The molecular weight excluding hydrogens is 302 g/mol. The lowest BCUT2D eigenvalue weighted by atomic mass is 10.2. The molecular formula is C14H11N5O4. The maximum Gasteiger partial charge on any atom is 0.259 e. The van der Waals surface area contributed by atoms with Crippen LogP contribution < -0.4 is 16.4 Å². The SMILES string of the molecule is O=C(NCc1nc(-c2ccc[nH]c2=O)no1)c1ccc(=O)[nH]c1. The molecule has 0 aliphatic heterocycles. The van der Waals surface area contributed by atoms with Crippen LogP contribution in [0, 0.1) is 0 Å². The van der Waals surface area contributed by atoms with Crippen LogP contribution in [-0.4, -0.2) is 26.0 Å². The van der Waals surface area contributed by atoms with E-state index in [1.54, 1.807) is 12.1 Å². The minimum Gasteiger partial charge on any atom is -0.343 e. The lowest BCUT2D eigenvalue weighted by molar-refractivity contribution is 0.0946. The Hall–Kier alpha value is -3.49. The van der Waals surface area contributed by atoms with Crippen molar-refractivity contribution in [2.75, 3.05) is 0 Å². The van der Waals surface area contributed by atoms with Crippen molar-refractivity contribution in [2.24, 2.45) is 0 Å². The second-order valence-corrected chi connectivity index (χ2v) is 4.55. The van der Waals surface area contributed by atoms with Crippen LogP contribution in [0.25, 0.3) is 11.4 Å². The highest BCUT2D eigenvalue weighted by molar-refractivity contribution is 5.93. The third kappa shape index (κ3) is 3.23. The quantitative estimate of drug-likeness (QED) is 0.623. The Labute approximate surface area is 128 Å². The monoisotopic (exact) mass is 313 g/mol. The van der Waals surface area contributed by atoms with Crippen molar-refractivity contribution in [3.63, 3.8) is 0 Å². The van der Waals surface area contributed by atoms with Gasteiger partial charge in [0, 0.05) is 18.5 Å². The molecule has 0 unspecified atom stereocenters. The number of hydrogen-bond acceptors (Lipinski definition) is 6. The van der Waals surface area contributed by atoms with E-state index in [2.05, 4.69) is 25.4 Å². The summed E-state index contributed by atoms with van der Waals surface area (Å²) in [5, 5.41) is 6.28. The molecule has 116 valence electrons. The van der Waals surface area contributed by atoms with E-state index in [9.17, 15) is 14.4 Å². The molecule has 3 aromatic rings. The molecule has 0 radical (unpaired) electrons. The average molecular weight is 313 g/mol. The highest BCUT2D eigenvalue weighted by Gasteiger charge is 2.13. The van der Waals surface area contributed by atoms with Gasteiger partial charge in [-0.15, -0.1) is 0 Å². The van der Waals surface area contributed by atoms with E-state index in [1.165, 1.54) is 24.5 Å². The first-order valence-corrected chi connectivity index (χ1v) is 6.61. The highest BCUT2D eigenvalue weighted by Crippen LogP contribution is 2.10. The number of H-pyrrole nitrogens is 2. The molecule has 0 aliphatic carbocycles. The standard InChI is InChI=1S/C14H11N5O4/c20-10-4-3-8(6-16-10)13(21)17-7-11-18-12(19-23-11)9-2-1-5-15-14(9)22/h1-6H,7H2,(H,15,22)(H,16,20)(H,17,21). The Morgan fingerprint density at radius 3 is 2.83 bits per heavy atom. The van der Waals surface area contributed by atoms with E-state index in [0.717, 1.165) is 0 Å². The second-order valence-electron chi connectivity index (χ2n) is 4.55. The number of nitrogens with one attached hydrogen (secondary N) is 3. The summed E-state index contributed by atoms with van der Waals surface area (Å²) < 4.78 is 4.99. The fourth-order valence-corrected chi connectivity index (χ4v) is 1.84. The van der Waals surface area contributed by atoms with Gasteiger partial charge in [0.25, 0.3) is 11.5 Å². The van der Waals surface area contributed by atoms with Crippen molar-refractivity contribution >= 4 is 5.91 Å². The van der Waals surface area contributed by atoms with Crippen LogP contribution in [0.5, 0.6) is 0 Å². The molecule has 9 heteroatoms. The lowest BCUT2D eigenvalue weighted by Crippen LogP contribution is -2.23. The molecule has 0 bridgehead atoms. The molecule has 3 N–H and O–H groups in total. The Kier molecular flexibility index (Phi) is 3.83. The number of carbonyl (C=O) groups excluding carboxylic acids is 1. The van der Waals surface area contributed by atoms with Crippen LogP contribution in [0.3, 0.4) is 0 Å². The summed E-state index contributed by atoms with van der Waals surface area (Å²) in [5.74, 6) is -0.111. The van der Waals surface area contributed by atoms with Crippen LogP contribution >= 0.6 is 0 Å². The van der Waals surface area contributed by atoms with Crippen molar-refractivity contribution in [1.29, 1.82) is 0 Å². The topological polar surface area (TPSA) is 134 Å². The molecule has 1 amide bonds. The summed E-state index contributed by atoms with van der Waals surface area (Å²) >= 11 is 0. The van der Waals surface area contributed by atoms with Gasteiger partial charge in [-0.3, -0.25) is 14.4 Å². The Bertz CT molecular complexity index is 935. The number of amides is 1. The van der Waals surface area contributed by atoms with Gasteiger partial charge in [-0.2, -0.15) is 4.98 Å². The molecule has 0 aliphatic rings. The molecule has 3 heterocycles. The maximum absolute atomic E-state index is 11.9. The summed E-state index contributed by atoms with van der Waals surface area (Å²) in [4.78, 5) is 43.4. The number of nitrogens with zero attached hydrogens (tertiary/aromatic N) is 2. The van der Waals surface area contributed by atoms with Crippen molar-refractivity contribution in [3.8, 4) is 11.4 Å². The normalized spacial score (nSPS) is 10.4. The van der Waals surface area contributed by atoms with Gasteiger partial charge in [0.1, 0.15) is 0 Å². The van der Waals surface area contributed by atoms with Gasteiger partial charge in [0.05, 0.1) is 17.7 Å². The number of carbonyl (C=O) groups is 1. The zero-order valence-electron chi connectivity index (χ0n) is 11.7. The van der Waals surface area contributed by atoms with E-state index < -0.39 is 5.91 Å². The zero-order valence-corrected chi connectivity index (χ0v) is 11.7. The van der Waals surface area contributed by atoms with E-state index >= 15 is 0 Å². The van der Waals surface area contributed by atoms with Gasteiger partial charge < -0.3 is 19.8 Å². The molecule has 0 saturated heterocycles. The molecule has 0 fully saturated rings. The number of aromatic amines is 2. The summed E-state index contributed by atoms with van der Waals surface area (Å²) in [6.45, 7) is -0.00427. The Morgan fingerprint density at radius 2 is 2.09 bits per heavy atom. The van der Waals surface area contributed by atoms with Gasteiger partial charge in [0.2, 0.25) is 17.3 Å². The minimum absolute atomic E-state index is 0.00427. The van der Waals surface area contributed by atoms with E-state index in [0.29, 0.717) is 5.56 Å². The predicted octanol–water partition coefficient (Wildman–Crippen LogP) is 0.0432. The lowest BCUT2D eigenvalue weighted by Gasteiger charge is -2.01.